The maximum Gasteiger partial charge on any atom is 0.256 e. The Balaban J connectivity index is 1.87. The van der Waals surface area contributed by atoms with Gasteiger partial charge in [0.1, 0.15) is 5.15 Å². The Labute approximate surface area is 113 Å². The zero-order valence-corrected chi connectivity index (χ0v) is 10.4. The zero-order valence-electron chi connectivity index (χ0n) is 9.62. The maximum atomic E-state index is 11.9. The minimum absolute atomic E-state index is 0.253. The summed E-state index contributed by atoms with van der Waals surface area (Å²) in [6, 6.07) is 6.61. The number of halogens is 1. The van der Waals surface area contributed by atoms with Gasteiger partial charge < -0.3 is 5.32 Å². The molecular weight excluding hydrogens is 266 g/mol. The zero-order chi connectivity index (χ0) is 13.2. The largest absolute Gasteiger partial charge is 0.305 e. The van der Waals surface area contributed by atoms with Crippen LogP contribution in [0.4, 0.5) is 5.82 Å². The summed E-state index contributed by atoms with van der Waals surface area (Å²) in [5, 5.41) is 7.08. The van der Waals surface area contributed by atoms with Gasteiger partial charge in [-0.05, 0) is 24.3 Å². The molecule has 1 amide bonds. The molecule has 0 aliphatic heterocycles. The normalized spacial score (nSPS) is 10.6. The minimum Gasteiger partial charge on any atom is -0.305 e. The van der Waals surface area contributed by atoms with E-state index in [9.17, 15) is 4.79 Å². The van der Waals surface area contributed by atoms with Crippen LogP contribution in [0.5, 0.6) is 0 Å². The monoisotopic (exact) mass is 273 g/mol. The molecule has 19 heavy (non-hydrogen) atoms. The number of anilines is 1. The van der Waals surface area contributed by atoms with E-state index in [0.717, 1.165) is 0 Å². The SMILES string of the molecule is O=C(Nc1cn2nc(Cl)ccc2n1)c1ccncc1. The number of aromatic nitrogens is 4. The average Bonchev–Trinajstić information content (AvgIpc) is 2.81. The standard InChI is InChI=1S/C12H8ClN5O/c13-9-1-2-11-15-10(7-18(11)17-9)16-12(19)8-3-5-14-6-4-8/h1-7H,(H,16,19). The molecule has 0 fully saturated rings. The van der Waals surface area contributed by atoms with Crippen molar-refractivity contribution in [2.75, 3.05) is 5.32 Å². The highest BCUT2D eigenvalue weighted by Gasteiger charge is 2.08. The number of rotatable bonds is 2. The lowest BCUT2D eigenvalue weighted by Gasteiger charge is -2.00. The van der Waals surface area contributed by atoms with E-state index >= 15 is 0 Å². The summed E-state index contributed by atoms with van der Waals surface area (Å²) >= 11 is 5.78. The van der Waals surface area contributed by atoms with Crippen LogP contribution in [0.2, 0.25) is 5.15 Å². The van der Waals surface area contributed by atoms with E-state index in [-0.39, 0.29) is 5.91 Å². The topological polar surface area (TPSA) is 72.2 Å². The van der Waals surface area contributed by atoms with E-state index in [0.29, 0.717) is 22.2 Å². The van der Waals surface area contributed by atoms with Crippen molar-refractivity contribution in [3.8, 4) is 0 Å². The maximum absolute atomic E-state index is 11.9. The minimum atomic E-state index is -0.253. The van der Waals surface area contributed by atoms with E-state index in [1.165, 1.54) is 4.52 Å². The number of imidazole rings is 1. The molecular formula is C12H8ClN5O. The quantitative estimate of drug-likeness (QED) is 0.775. The van der Waals surface area contributed by atoms with Crippen LogP contribution in [-0.4, -0.2) is 25.5 Å². The van der Waals surface area contributed by atoms with E-state index in [4.69, 9.17) is 11.6 Å². The van der Waals surface area contributed by atoms with Gasteiger partial charge in [0.2, 0.25) is 0 Å². The van der Waals surface area contributed by atoms with Crippen molar-refractivity contribution in [2.24, 2.45) is 0 Å². The second-order valence-electron chi connectivity index (χ2n) is 3.77. The Hall–Kier alpha value is -2.47. The van der Waals surface area contributed by atoms with Gasteiger partial charge in [-0.25, -0.2) is 9.50 Å². The lowest BCUT2D eigenvalue weighted by atomic mass is 10.2. The average molecular weight is 274 g/mol. The van der Waals surface area contributed by atoms with Gasteiger partial charge in [0.15, 0.2) is 11.5 Å². The molecule has 3 aromatic heterocycles. The third-order valence-corrected chi connectivity index (χ3v) is 2.67. The number of fused-ring (bicyclic) bond motifs is 1. The molecule has 0 atom stereocenters. The van der Waals surface area contributed by atoms with E-state index in [1.807, 2.05) is 0 Å². The third kappa shape index (κ3) is 2.38. The van der Waals surface area contributed by atoms with Gasteiger partial charge in [-0.15, -0.1) is 0 Å². The van der Waals surface area contributed by atoms with E-state index < -0.39 is 0 Å². The fourth-order valence-electron chi connectivity index (χ4n) is 1.61. The Kier molecular flexibility index (Phi) is 2.85. The molecule has 3 heterocycles. The third-order valence-electron chi connectivity index (χ3n) is 2.47. The van der Waals surface area contributed by atoms with Gasteiger partial charge in [0.05, 0.1) is 6.20 Å². The number of hydrogen-bond acceptors (Lipinski definition) is 4. The molecule has 0 radical (unpaired) electrons. The van der Waals surface area contributed by atoms with Crippen molar-refractivity contribution < 1.29 is 4.79 Å². The van der Waals surface area contributed by atoms with Crippen LogP contribution in [0, 0.1) is 0 Å². The Morgan fingerprint density at radius 3 is 2.79 bits per heavy atom. The van der Waals surface area contributed by atoms with Gasteiger partial charge in [-0.3, -0.25) is 9.78 Å². The fraction of sp³-hybridized carbons (Fsp3) is 0. The number of nitrogens with zero attached hydrogens (tertiary/aromatic N) is 4. The van der Waals surface area contributed by atoms with E-state index in [1.54, 1.807) is 42.9 Å². The Morgan fingerprint density at radius 1 is 1.21 bits per heavy atom. The lowest BCUT2D eigenvalue weighted by Crippen LogP contribution is -2.11. The van der Waals surface area contributed by atoms with Gasteiger partial charge in [0.25, 0.3) is 5.91 Å². The second-order valence-corrected chi connectivity index (χ2v) is 4.16. The molecule has 0 spiro atoms. The Bertz CT molecular complexity index is 740. The summed E-state index contributed by atoms with van der Waals surface area (Å²) in [7, 11) is 0. The van der Waals surface area contributed by atoms with Crippen molar-refractivity contribution in [1.82, 2.24) is 19.6 Å². The molecule has 0 saturated heterocycles. The molecule has 1 N–H and O–H groups in total. The summed E-state index contributed by atoms with van der Waals surface area (Å²) in [4.78, 5) is 20.0. The highest BCUT2D eigenvalue weighted by atomic mass is 35.5. The van der Waals surface area contributed by atoms with Crippen molar-refractivity contribution in [3.05, 3.63) is 53.6 Å². The molecule has 0 aliphatic carbocycles. The fourth-order valence-corrected chi connectivity index (χ4v) is 1.76. The highest BCUT2D eigenvalue weighted by Crippen LogP contribution is 2.12. The van der Waals surface area contributed by atoms with Gasteiger partial charge in [-0.2, -0.15) is 5.10 Å². The van der Waals surface area contributed by atoms with Gasteiger partial charge in [0, 0.05) is 18.0 Å². The molecule has 0 unspecified atom stereocenters. The first kappa shape index (κ1) is 11.6. The number of carbonyl (C=O) groups is 1. The number of hydrogen-bond donors (Lipinski definition) is 1. The van der Waals surface area contributed by atoms with Crippen LogP contribution < -0.4 is 5.32 Å². The molecule has 6 nitrogen and oxygen atoms in total. The van der Waals surface area contributed by atoms with Crippen molar-refractivity contribution in [2.45, 2.75) is 0 Å². The molecule has 0 aromatic carbocycles. The highest BCUT2D eigenvalue weighted by molar-refractivity contribution is 6.29. The van der Waals surface area contributed by atoms with Crippen molar-refractivity contribution in [1.29, 1.82) is 0 Å². The molecule has 0 aliphatic rings. The summed E-state index contributed by atoms with van der Waals surface area (Å²) in [6.45, 7) is 0. The van der Waals surface area contributed by atoms with Crippen LogP contribution in [0.3, 0.4) is 0 Å². The number of amides is 1. The molecule has 3 aromatic rings. The molecule has 94 valence electrons. The van der Waals surface area contributed by atoms with Crippen LogP contribution in [0.15, 0.2) is 42.9 Å². The van der Waals surface area contributed by atoms with Crippen LogP contribution >= 0.6 is 11.6 Å². The summed E-state index contributed by atoms with van der Waals surface area (Å²) in [5.74, 6) is 0.161. The first-order valence-electron chi connectivity index (χ1n) is 5.46. The summed E-state index contributed by atoms with van der Waals surface area (Å²) < 4.78 is 1.50. The number of nitrogens with one attached hydrogen (secondary N) is 1. The number of carbonyl (C=O) groups excluding carboxylic acids is 1. The van der Waals surface area contributed by atoms with Crippen LogP contribution in [0.25, 0.3) is 5.65 Å². The number of pyridine rings is 1. The first-order valence-corrected chi connectivity index (χ1v) is 5.83. The van der Waals surface area contributed by atoms with Crippen molar-refractivity contribution >= 4 is 29.0 Å². The molecule has 0 saturated carbocycles. The van der Waals surface area contributed by atoms with Crippen LogP contribution in [-0.2, 0) is 0 Å². The molecule has 7 heteroatoms. The predicted octanol–water partition coefficient (Wildman–Crippen LogP) is 2.03. The second kappa shape index (κ2) is 4.66. The van der Waals surface area contributed by atoms with E-state index in [2.05, 4.69) is 20.4 Å². The van der Waals surface area contributed by atoms with Crippen molar-refractivity contribution in [3.63, 3.8) is 0 Å². The Morgan fingerprint density at radius 2 is 2.00 bits per heavy atom. The van der Waals surface area contributed by atoms with Crippen LogP contribution in [0.1, 0.15) is 10.4 Å². The predicted molar refractivity (Wildman–Crippen MR) is 70.2 cm³/mol. The summed E-state index contributed by atoms with van der Waals surface area (Å²) in [6.07, 6.45) is 4.71. The lowest BCUT2D eigenvalue weighted by molar-refractivity contribution is 0.102. The van der Waals surface area contributed by atoms with Gasteiger partial charge in [-0.1, -0.05) is 11.6 Å². The summed E-state index contributed by atoms with van der Waals surface area (Å²) in [5.41, 5.74) is 1.12. The van der Waals surface area contributed by atoms with Gasteiger partial charge >= 0.3 is 0 Å². The smallest absolute Gasteiger partial charge is 0.256 e. The molecule has 3 rings (SSSR count). The molecule has 0 bridgehead atoms. The first-order chi connectivity index (χ1) is 9.22.